The number of carbonyl (C=O) groups excluding carboxylic acids is 2. The Labute approximate surface area is 150 Å². The highest BCUT2D eigenvalue weighted by molar-refractivity contribution is 9.10. The number of hydrogen-bond acceptors (Lipinski definition) is 3. The van der Waals surface area contributed by atoms with E-state index >= 15 is 0 Å². The third kappa shape index (κ3) is 5.20. The van der Waals surface area contributed by atoms with Crippen LogP contribution in [-0.4, -0.2) is 19.0 Å². The SMILES string of the molecule is COC(=O)CC(NC(=O)Cc1ccccc1C)c1cccc(Br)c1. The summed E-state index contributed by atoms with van der Waals surface area (Å²) in [6.07, 6.45) is 0.366. The molecule has 0 heterocycles. The van der Waals surface area contributed by atoms with Crippen molar-refractivity contribution < 1.29 is 14.3 Å². The number of esters is 1. The highest BCUT2D eigenvalue weighted by atomic mass is 79.9. The van der Waals surface area contributed by atoms with Crippen LogP contribution in [0.5, 0.6) is 0 Å². The normalized spacial score (nSPS) is 11.6. The summed E-state index contributed by atoms with van der Waals surface area (Å²) in [5.74, 6) is -0.491. The van der Waals surface area contributed by atoms with E-state index in [0.29, 0.717) is 0 Å². The van der Waals surface area contributed by atoms with Crippen LogP contribution in [0.25, 0.3) is 0 Å². The number of rotatable bonds is 6. The van der Waals surface area contributed by atoms with Crippen LogP contribution < -0.4 is 5.32 Å². The van der Waals surface area contributed by atoms with Crippen molar-refractivity contribution in [1.82, 2.24) is 5.32 Å². The largest absolute Gasteiger partial charge is 0.469 e. The summed E-state index contributed by atoms with van der Waals surface area (Å²) in [6.45, 7) is 1.98. The van der Waals surface area contributed by atoms with Crippen LogP contribution >= 0.6 is 15.9 Å². The van der Waals surface area contributed by atoms with Gasteiger partial charge in [0.1, 0.15) is 0 Å². The zero-order chi connectivity index (χ0) is 17.5. The molecule has 0 spiro atoms. The van der Waals surface area contributed by atoms with Gasteiger partial charge < -0.3 is 10.1 Å². The van der Waals surface area contributed by atoms with E-state index < -0.39 is 6.04 Å². The molecule has 1 atom stereocenters. The summed E-state index contributed by atoms with van der Waals surface area (Å²) >= 11 is 3.41. The second-order valence-corrected chi connectivity index (χ2v) is 6.47. The van der Waals surface area contributed by atoms with Gasteiger partial charge in [-0.25, -0.2) is 0 Å². The van der Waals surface area contributed by atoms with E-state index in [4.69, 9.17) is 4.74 Å². The molecule has 1 amide bonds. The Hall–Kier alpha value is -2.14. The predicted molar refractivity (Wildman–Crippen MR) is 96.5 cm³/mol. The molecule has 2 aromatic carbocycles. The van der Waals surface area contributed by atoms with E-state index in [0.717, 1.165) is 21.2 Å². The average molecular weight is 390 g/mol. The van der Waals surface area contributed by atoms with Gasteiger partial charge >= 0.3 is 5.97 Å². The van der Waals surface area contributed by atoms with Crippen molar-refractivity contribution in [2.24, 2.45) is 0 Å². The second kappa shape index (κ2) is 8.64. The van der Waals surface area contributed by atoms with E-state index in [1.54, 1.807) is 0 Å². The number of halogens is 1. The Bertz CT molecular complexity index is 730. The van der Waals surface area contributed by atoms with E-state index in [-0.39, 0.29) is 24.7 Å². The van der Waals surface area contributed by atoms with Gasteiger partial charge in [-0.1, -0.05) is 52.3 Å². The first-order valence-electron chi connectivity index (χ1n) is 7.65. The van der Waals surface area contributed by atoms with Crippen LogP contribution in [-0.2, 0) is 20.7 Å². The number of benzene rings is 2. The monoisotopic (exact) mass is 389 g/mol. The fourth-order valence-electron chi connectivity index (χ4n) is 2.45. The molecule has 0 aliphatic heterocycles. The molecule has 1 unspecified atom stereocenters. The van der Waals surface area contributed by atoms with Crippen LogP contribution in [0, 0.1) is 6.92 Å². The van der Waals surface area contributed by atoms with Crippen molar-refractivity contribution in [3.05, 3.63) is 69.7 Å². The summed E-state index contributed by atoms with van der Waals surface area (Å²) in [6, 6.07) is 14.9. The predicted octanol–water partition coefficient (Wildman–Crippen LogP) is 3.72. The van der Waals surface area contributed by atoms with Crippen molar-refractivity contribution in [3.8, 4) is 0 Å². The van der Waals surface area contributed by atoms with Crippen LogP contribution in [0.3, 0.4) is 0 Å². The standard InChI is InChI=1S/C19H20BrNO3/c1-13-6-3-4-7-14(13)11-18(22)21-17(12-19(23)24-2)15-8-5-9-16(20)10-15/h3-10,17H,11-12H2,1-2H3,(H,21,22). The minimum Gasteiger partial charge on any atom is -0.469 e. The molecular weight excluding hydrogens is 370 g/mol. The van der Waals surface area contributed by atoms with Crippen molar-refractivity contribution in [2.75, 3.05) is 7.11 Å². The smallest absolute Gasteiger partial charge is 0.307 e. The summed E-state index contributed by atoms with van der Waals surface area (Å²) < 4.78 is 5.64. The maximum Gasteiger partial charge on any atom is 0.307 e. The molecule has 0 aliphatic carbocycles. The molecule has 24 heavy (non-hydrogen) atoms. The fraction of sp³-hybridized carbons (Fsp3) is 0.263. The third-order valence-corrected chi connectivity index (χ3v) is 4.29. The molecule has 0 aliphatic rings. The highest BCUT2D eigenvalue weighted by Crippen LogP contribution is 2.22. The minimum atomic E-state index is -0.425. The molecule has 1 N–H and O–H groups in total. The van der Waals surface area contributed by atoms with Crippen LogP contribution in [0.4, 0.5) is 0 Å². The van der Waals surface area contributed by atoms with Crippen molar-refractivity contribution >= 4 is 27.8 Å². The summed E-state index contributed by atoms with van der Waals surface area (Å²) in [5, 5.41) is 2.94. The lowest BCUT2D eigenvalue weighted by Gasteiger charge is -2.19. The maximum absolute atomic E-state index is 12.4. The third-order valence-electron chi connectivity index (χ3n) is 3.80. The number of ether oxygens (including phenoxy) is 1. The van der Waals surface area contributed by atoms with Gasteiger partial charge in [-0.3, -0.25) is 9.59 Å². The maximum atomic E-state index is 12.4. The lowest BCUT2D eigenvalue weighted by Crippen LogP contribution is -2.31. The molecule has 0 fully saturated rings. The number of amides is 1. The van der Waals surface area contributed by atoms with Crippen molar-refractivity contribution in [2.45, 2.75) is 25.8 Å². The Balaban J connectivity index is 2.14. The van der Waals surface area contributed by atoms with E-state index in [2.05, 4.69) is 21.2 Å². The number of methoxy groups -OCH3 is 1. The van der Waals surface area contributed by atoms with Gasteiger partial charge in [0, 0.05) is 4.47 Å². The van der Waals surface area contributed by atoms with Gasteiger partial charge in [0.15, 0.2) is 0 Å². The van der Waals surface area contributed by atoms with Gasteiger partial charge in [-0.15, -0.1) is 0 Å². The summed E-state index contributed by atoms with van der Waals surface area (Å²) in [5.41, 5.74) is 2.90. The molecule has 0 radical (unpaired) electrons. The molecule has 126 valence electrons. The molecule has 0 bridgehead atoms. The fourth-order valence-corrected chi connectivity index (χ4v) is 2.87. The van der Waals surface area contributed by atoms with Gasteiger partial charge in [0.25, 0.3) is 0 Å². The van der Waals surface area contributed by atoms with E-state index in [1.165, 1.54) is 7.11 Å². The lowest BCUT2D eigenvalue weighted by molar-refractivity contribution is -0.141. The van der Waals surface area contributed by atoms with Crippen molar-refractivity contribution in [1.29, 1.82) is 0 Å². The molecule has 4 nitrogen and oxygen atoms in total. The molecule has 0 saturated heterocycles. The second-order valence-electron chi connectivity index (χ2n) is 5.56. The first-order valence-corrected chi connectivity index (χ1v) is 8.45. The topological polar surface area (TPSA) is 55.4 Å². The molecule has 0 saturated carbocycles. The van der Waals surface area contributed by atoms with Crippen LogP contribution in [0.2, 0.25) is 0 Å². The van der Waals surface area contributed by atoms with E-state index in [9.17, 15) is 9.59 Å². The van der Waals surface area contributed by atoms with Crippen LogP contribution in [0.1, 0.15) is 29.2 Å². The van der Waals surface area contributed by atoms with Crippen LogP contribution in [0.15, 0.2) is 53.0 Å². The first-order chi connectivity index (χ1) is 11.5. The zero-order valence-electron chi connectivity index (χ0n) is 13.7. The molecule has 2 aromatic rings. The number of aryl methyl sites for hydroxylation is 1. The first kappa shape index (κ1) is 18.2. The lowest BCUT2D eigenvalue weighted by atomic mass is 10.0. The molecule has 2 rings (SSSR count). The zero-order valence-corrected chi connectivity index (χ0v) is 15.3. The van der Waals surface area contributed by atoms with Gasteiger partial charge in [-0.2, -0.15) is 0 Å². The molecular formula is C19H20BrNO3. The Morgan fingerprint density at radius 3 is 2.58 bits per heavy atom. The van der Waals surface area contributed by atoms with Gasteiger partial charge in [0.05, 0.1) is 26.0 Å². The number of nitrogens with one attached hydrogen (secondary N) is 1. The van der Waals surface area contributed by atoms with E-state index in [1.807, 2.05) is 55.5 Å². The summed E-state index contributed by atoms with van der Waals surface area (Å²) in [4.78, 5) is 24.1. The Kier molecular flexibility index (Phi) is 6.55. The van der Waals surface area contributed by atoms with Gasteiger partial charge in [-0.05, 0) is 35.7 Å². The molecule has 5 heteroatoms. The van der Waals surface area contributed by atoms with Gasteiger partial charge in [0.2, 0.25) is 5.91 Å². The number of hydrogen-bond donors (Lipinski definition) is 1. The Morgan fingerprint density at radius 1 is 1.17 bits per heavy atom. The quantitative estimate of drug-likeness (QED) is 0.765. The average Bonchev–Trinajstić information content (AvgIpc) is 2.56. The van der Waals surface area contributed by atoms with Crippen molar-refractivity contribution in [3.63, 3.8) is 0 Å². The Morgan fingerprint density at radius 2 is 1.92 bits per heavy atom. The molecule has 0 aromatic heterocycles. The minimum absolute atomic E-state index is 0.0897. The number of carbonyl (C=O) groups is 2. The summed E-state index contributed by atoms with van der Waals surface area (Å²) in [7, 11) is 1.34. The highest BCUT2D eigenvalue weighted by Gasteiger charge is 2.19.